The SMILES string of the molecule is CCC(=NNC(=O)Cc1c(C)[nH][nH]c1=O)c1ccc(O)cc1. The van der Waals surface area contributed by atoms with Crippen molar-refractivity contribution >= 4 is 11.6 Å². The van der Waals surface area contributed by atoms with Crippen LogP contribution >= 0.6 is 0 Å². The van der Waals surface area contributed by atoms with Gasteiger partial charge in [-0.1, -0.05) is 6.92 Å². The second-order valence-corrected chi connectivity index (χ2v) is 4.85. The summed E-state index contributed by atoms with van der Waals surface area (Å²) in [6, 6.07) is 6.58. The van der Waals surface area contributed by atoms with Gasteiger partial charge in [0.1, 0.15) is 5.75 Å². The van der Waals surface area contributed by atoms with Crippen molar-refractivity contribution in [1.29, 1.82) is 0 Å². The van der Waals surface area contributed by atoms with Gasteiger partial charge in [-0.05, 0) is 43.2 Å². The Morgan fingerprint density at radius 2 is 1.95 bits per heavy atom. The molecule has 1 aromatic carbocycles. The number of hydrogen-bond donors (Lipinski definition) is 4. The molecule has 0 saturated heterocycles. The molecule has 0 aliphatic rings. The highest BCUT2D eigenvalue weighted by Crippen LogP contribution is 2.11. The van der Waals surface area contributed by atoms with Crippen LogP contribution in [0.2, 0.25) is 0 Å². The number of H-pyrrole nitrogens is 2. The maximum Gasteiger partial charge on any atom is 0.267 e. The minimum atomic E-state index is -0.363. The molecule has 1 aromatic heterocycles. The number of nitrogens with one attached hydrogen (secondary N) is 3. The smallest absolute Gasteiger partial charge is 0.267 e. The van der Waals surface area contributed by atoms with Crippen molar-refractivity contribution in [3.8, 4) is 5.75 Å². The fourth-order valence-electron chi connectivity index (χ4n) is 2.02. The summed E-state index contributed by atoms with van der Waals surface area (Å²) in [7, 11) is 0. The van der Waals surface area contributed by atoms with Crippen molar-refractivity contribution in [3.63, 3.8) is 0 Å². The molecule has 7 heteroatoms. The number of benzene rings is 1. The number of carbonyl (C=O) groups is 1. The average molecular weight is 302 g/mol. The number of phenolic OH excluding ortho intramolecular Hbond substituents is 1. The van der Waals surface area contributed by atoms with Crippen LogP contribution in [0.4, 0.5) is 0 Å². The summed E-state index contributed by atoms with van der Waals surface area (Å²) in [5.74, 6) is -0.191. The fraction of sp³-hybridized carbons (Fsp3) is 0.267. The number of aromatic hydroxyl groups is 1. The van der Waals surface area contributed by atoms with Crippen LogP contribution < -0.4 is 11.0 Å². The summed E-state index contributed by atoms with van der Waals surface area (Å²) >= 11 is 0. The van der Waals surface area contributed by atoms with Crippen LogP contribution in [-0.2, 0) is 11.2 Å². The van der Waals surface area contributed by atoms with Crippen molar-refractivity contribution in [3.05, 3.63) is 51.4 Å². The van der Waals surface area contributed by atoms with E-state index in [0.29, 0.717) is 23.4 Å². The predicted molar refractivity (Wildman–Crippen MR) is 82.9 cm³/mol. The van der Waals surface area contributed by atoms with Crippen LogP contribution in [0.15, 0.2) is 34.2 Å². The first kappa shape index (κ1) is 15.6. The molecular formula is C15H18N4O3. The molecule has 0 aliphatic heterocycles. The Kier molecular flexibility index (Phi) is 4.77. The molecule has 0 spiro atoms. The van der Waals surface area contributed by atoms with Gasteiger partial charge in [0.15, 0.2) is 0 Å². The van der Waals surface area contributed by atoms with E-state index in [0.717, 1.165) is 5.56 Å². The van der Waals surface area contributed by atoms with Gasteiger partial charge in [-0.2, -0.15) is 5.10 Å². The molecule has 0 fully saturated rings. The minimum Gasteiger partial charge on any atom is -0.508 e. The normalized spacial score (nSPS) is 11.5. The molecule has 0 radical (unpaired) electrons. The van der Waals surface area contributed by atoms with E-state index in [2.05, 4.69) is 20.7 Å². The quantitative estimate of drug-likeness (QED) is 0.492. The molecule has 0 aliphatic carbocycles. The number of aromatic nitrogens is 2. The molecule has 1 amide bonds. The monoisotopic (exact) mass is 302 g/mol. The molecule has 7 nitrogen and oxygen atoms in total. The predicted octanol–water partition coefficient (Wildman–Crippen LogP) is 1.19. The fourth-order valence-corrected chi connectivity index (χ4v) is 2.02. The van der Waals surface area contributed by atoms with Gasteiger partial charge in [-0.15, -0.1) is 0 Å². The molecule has 4 N–H and O–H groups in total. The molecule has 0 saturated carbocycles. The Morgan fingerprint density at radius 1 is 1.27 bits per heavy atom. The minimum absolute atomic E-state index is 0.0409. The number of hydrazone groups is 1. The third-order valence-electron chi connectivity index (χ3n) is 3.28. The summed E-state index contributed by atoms with van der Waals surface area (Å²) in [4.78, 5) is 23.4. The molecule has 116 valence electrons. The molecule has 1 heterocycles. The lowest BCUT2D eigenvalue weighted by Crippen LogP contribution is -2.24. The summed E-state index contributed by atoms with van der Waals surface area (Å²) in [5, 5.41) is 18.5. The van der Waals surface area contributed by atoms with Gasteiger partial charge in [-0.3, -0.25) is 14.7 Å². The second-order valence-electron chi connectivity index (χ2n) is 4.85. The molecular weight excluding hydrogens is 284 g/mol. The number of aromatic amines is 2. The number of nitrogens with zero attached hydrogens (tertiary/aromatic N) is 1. The van der Waals surface area contributed by atoms with Crippen molar-refractivity contribution in [2.45, 2.75) is 26.7 Å². The van der Waals surface area contributed by atoms with Crippen LogP contribution in [-0.4, -0.2) is 26.9 Å². The zero-order chi connectivity index (χ0) is 16.1. The van der Waals surface area contributed by atoms with Crippen LogP contribution in [0.25, 0.3) is 0 Å². The van der Waals surface area contributed by atoms with Crippen molar-refractivity contribution in [2.24, 2.45) is 5.10 Å². The van der Waals surface area contributed by atoms with Gasteiger partial charge in [0.2, 0.25) is 5.91 Å². The van der Waals surface area contributed by atoms with Crippen LogP contribution in [0.5, 0.6) is 5.75 Å². The number of rotatable bonds is 5. The molecule has 2 aromatic rings. The van der Waals surface area contributed by atoms with E-state index < -0.39 is 0 Å². The van der Waals surface area contributed by atoms with Gasteiger partial charge >= 0.3 is 0 Å². The number of aryl methyl sites for hydroxylation is 1. The number of hydrogen-bond acceptors (Lipinski definition) is 4. The van der Waals surface area contributed by atoms with Gasteiger partial charge in [0, 0.05) is 11.3 Å². The van der Waals surface area contributed by atoms with Gasteiger partial charge in [0.25, 0.3) is 5.56 Å². The van der Waals surface area contributed by atoms with Gasteiger partial charge < -0.3 is 10.2 Å². The Hall–Kier alpha value is -2.83. The maximum absolute atomic E-state index is 11.9. The Balaban J connectivity index is 2.07. The summed E-state index contributed by atoms with van der Waals surface area (Å²) in [5.41, 5.74) is 4.70. The highest BCUT2D eigenvalue weighted by atomic mass is 16.3. The Bertz CT molecular complexity index is 741. The Labute approximate surface area is 127 Å². The van der Waals surface area contributed by atoms with Crippen LogP contribution in [0.3, 0.4) is 0 Å². The Morgan fingerprint density at radius 3 is 2.50 bits per heavy atom. The van der Waals surface area contributed by atoms with E-state index in [1.165, 1.54) is 0 Å². The molecule has 0 unspecified atom stereocenters. The highest BCUT2D eigenvalue weighted by molar-refractivity contribution is 6.01. The summed E-state index contributed by atoms with van der Waals surface area (Å²) in [6.45, 7) is 3.64. The third kappa shape index (κ3) is 3.63. The van der Waals surface area contributed by atoms with E-state index in [4.69, 9.17) is 0 Å². The van der Waals surface area contributed by atoms with Crippen LogP contribution in [0.1, 0.15) is 30.2 Å². The first-order valence-electron chi connectivity index (χ1n) is 6.92. The van der Waals surface area contributed by atoms with Crippen molar-refractivity contribution in [1.82, 2.24) is 15.6 Å². The molecule has 0 atom stereocenters. The highest BCUT2D eigenvalue weighted by Gasteiger charge is 2.11. The standard InChI is InChI=1S/C15H18N4O3/c1-3-13(10-4-6-11(20)7-5-10)17-18-14(21)8-12-9(2)16-19-15(12)22/h4-7,20H,3,8H2,1-2H3,(H,18,21)(H2,16,19,22). The maximum atomic E-state index is 11.9. The number of amides is 1. The first-order valence-corrected chi connectivity index (χ1v) is 6.92. The molecule has 2 rings (SSSR count). The van der Waals surface area contributed by atoms with Crippen LogP contribution in [0, 0.1) is 6.92 Å². The number of carbonyl (C=O) groups excluding carboxylic acids is 1. The molecule has 22 heavy (non-hydrogen) atoms. The van der Waals surface area contributed by atoms with E-state index >= 15 is 0 Å². The zero-order valence-corrected chi connectivity index (χ0v) is 12.4. The second kappa shape index (κ2) is 6.75. The largest absolute Gasteiger partial charge is 0.508 e. The lowest BCUT2D eigenvalue weighted by molar-refractivity contribution is -0.120. The first-order chi connectivity index (χ1) is 10.5. The van der Waals surface area contributed by atoms with E-state index in [-0.39, 0.29) is 23.6 Å². The number of phenols is 1. The van der Waals surface area contributed by atoms with Crippen molar-refractivity contribution in [2.75, 3.05) is 0 Å². The van der Waals surface area contributed by atoms with E-state index in [1.54, 1.807) is 31.2 Å². The topological polar surface area (TPSA) is 110 Å². The lowest BCUT2D eigenvalue weighted by Gasteiger charge is -2.05. The zero-order valence-electron chi connectivity index (χ0n) is 12.4. The van der Waals surface area contributed by atoms with Gasteiger partial charge in [0.05, 0.1) is 12.1 Å². The average Bonchev–Trinajstić information content (AvgIpc) is 2.81. The van der Waals surface area contributed by atoms with Crippen molar-refractivity contribution < 1.29 is 9.90 Å². The van der Waals surface area contributed by atoms with E-state index in [9.17, 15) is 14.7 Å². The summed E-state index contributed by atoms with van der Waals surface area (Å²) in [6.07, 6.45) is 0.579. The van der Waals surface area contributed by atoms with Gasteiger partial charge in [-0.25, -0.2) is 5.43 Å². The third-order valence-corrected chi connectivity index (χ3v) is 3.28. The summed E-state index contributed by atoms with van der Waals surface area (Å²) < 4.78 is 0. The molecule has 0 bridgehead atoms. The van der Waals surface area contributed by atoms with E-state index in [1.807, 2.05) is 6.92 Å². The lowest BCUT2D eigenvalue weighted by atomic mass is 10.1.